The second-order valence-electron chi connectivity index (χ2n) is 5.80. The van der Waals surface area contributed by atoms with Gasteiger partial charge >= 0.3 is 0 Å². The fourth-order valence-electron chi connectivity index (χ4n) is 3.69. The van der Waals surface area contributed by atoms with E-state index in [9.17, 15) is 9.59 Å². The van der Waals surface area contributed by atoms with E-state index >= 15 is 0 Å². The van der Waals surface area contributed by atoms with Crippen molar-refractivity contribution in [2.24, 2.45) is 11.1 Å². The zero-order valence-corrected chi connectivity index (χ0v) is 12.5. The largest absolute Gasteiger partial charge is 0.391 e. The van der Waals surface area contributed by atoms with Gasteiger partial charge in [0.2, 0.25) is 11.8 Å². The monoisotopic (exact) mass is 282 g/mol. The van der Waals surface area contributed by atoms with E-state index in [1.54, 1.807) is 0 Å². The summed E-state index contributed by atoms with van der Waals surface area (Å²) in [6.07, 6.45) is 5.25. The van der Waals surface area contributed by atoms with Crippen LogP contribution in [0.15, 0.2) is 0 Å². The van der Waals surface area contributed by atoms with Gasteiger partial charge in [-0.1, -0.05) is 38.9 Å². The Morgan fingerprint density at radius 2 is 1.84 bits per heavy atom. The van der Waals surface area contributed by atoms with Crippen LogP contribution >= 0.6 is 12.2 Å². The number of nitrogens with two attached hydrogens (primary N) is 1. The first kappa shape index (κ1) is 14.4. The molecule has 1 aliphatic heterocycles. The molecule has 2 N–H and O–H groups in total. The number of imide groups is 1. The molecular weight excluding hydrogens is 260 g/mol. The normalized spacial score (nSPS) is 22.5. The van der Waals surface area contributed by atoms with E-state index < -0.39 is 11.0 Å². The van der Waals surface area contributed by atoms with Crippen molar-refractivity contribution in [1.29, 1.82) is 0 Å². The molecule has 4 nitrogen and oxygen atoms in total. The number of hydrogen-bond acceptors (Lipinski definition) is 3. The van der Waals surface area contributed by atoms with E-state index in [-0.39, 0.29) is 16.8 Å². The fraction of sp³-hybridized carbons (Fsp3) is 0.786. The number of thiocarbonyl (C=S) groups is 1. The summed E-state index contributed by atoms with van der Waals surface area (Å²) < 4.78 is 0. The Balaban J connectivity index is 2.41. The van der Waals surface area contributed by atoms with Gasteiger partial charge in [-0.3, -0.25) is 14.5 Å². The molecule has 0 radical (unpaired) electrons. The minimum Gasteiger partial charge on any atom is -0.391 e. The van der Waals surface area contributed by atoms with Crippen molar-refractivity contribution in [3.8, 4) is 0 Å². The number of hydrogen-bond donors (Lipinski definition) is 1. The van der Waals surface area contributed by atoms with Crippen LogP contribution in [0, 0.1) is 5.41 Å². The first-order chi connectivity index (χ1) is 8.93. The predicted octanol–water partition coefficient (Wildman–Crippen LogP) is 2.15. The van der Waals surface area contributed by atoms with E-state index in [0.717, 1.165) is 25.7 Å². The molecule has 0 aromatic carbocycles. The summed E-state index contributed by atoms with van der Waals surface area (Å²) in [5, 5.41) is 0. The maximum Gasteiger partial charge on any atom is 0.236 e. The van der Waals surface area contributed by atoms with E-state index in [1.807, 2.05) is 13.8 Å². The van der Waals surface area contributed by atoms with Crippen molar-refractivity contribution in [2.45, 2.75) is 64.3 Å². The molecule has 1 saturated heterocycles. The quantitative estimate of drug-likeness (QED) is 0.634. The molecule has 5 heteroatoms. The Hall–Kier alpha value is -0.970. The molecule has 1 saturated carbocycles. The molecule has 1 spiro atoms. The molecule has 2 aliphatic rings. The highest BCUT2D eigenvalue weighted by molar-refractivity contribution is 7.80. The van der Waals surface area contributed by atoms with Crippen LogP contribution in [0.5, 0.6) is 0 Å². The Morgan fingerprint density at radius 1 is 1.32 bits per heavy atom. The number of rotatable bonds is 4. The molecule has 0 unspecified atom stereocenters. The lowest BCUT2D eigenvalue weighted by molar-refractivity contribution is -0.146. The average Bonchev–Trinajstić information content (AvgIpc) is 2.92. The second-order valence-corrected chi connectivity index (χ2v) is 6.24. The summed E-state index contributed by atoms with van der Waals surface area (Å²) in [4.78, 5) is 26.9. The average molecular weight is 282 g/mol. The van der Waals surface area contributed by atoms with Gasteiger partial charge in [-0.15, -0.1) is 0 Å². The molecule has 1 heterocycles. The first-order valence-corrected chi connectivity index (χ1v) is 7.52. The molecule has 0 aromatic heterocycles. The van der Waals surface area contributed by atoms with Crippen molar-refractivity contribution in [2.75, 3.05) is 0 Å². The van der Waals surface area contributed by atoms with E-state index in [0.29, 0.717) is 19.3 Å². The van der Waals surface area contributed by atoms with Crippen LogP contribution in [-0.2, 0) is 9.59 Å². The zero-order chi connectivity index (χ0) is 14.3. The SMILES string of the molecule is CCC(CC)(C(N)=S)N1C(=O)CC2(CCCC2)C1=O. The van der Waals surface area contributed by atoms with Crippen LogP contribution < -0.4 is 5.73 Å². The fourth-order valence-corrected chi connectivity index (χ4v) is 4.07. The van der Waals surface area contributed by atoms with Crippen molar-refractivity contribution < 1.29 is 9.59 Å². The minimum atomic E-state index is -0.768. The van der Waals surface area contributed by atoms with E-state index in [2.05, 4.69) is 0 Å². The highest BCUT2D eigenvalue weighted by Crippen LogP contribution is 2.49. The zero-order valence-electron chi connectivity index (χ0n) is 11.7. The van der Waals surface area contributed by atoms with Crippen LogP contribution in [-0.4, -0.2) is 27.2 Å². The van der Waals surface area contributed by atoms with Crippen LogP contribution in [0.4, 0.5) is 0 Å². The topological polar surface area (TPSA) is 63.4 Å². The van der Waals surface area contributed by atoms with E-state index in [1.165, 1.54) is 4.90 Å². The molecule has 2 rings (SSSR count). The van der Waals surface area contributed by atoms with Crippen LogP contribution in [0.2, 0.25) is 0 Å². The first-order valence-electron chi connectivity index (χ1n) is 7.11. The van der Waals surface area contributed by atoms with Crippen LogP contribution in [0.3, 0.4) is 0 Å². The van der Waals surface area contributed by atoms with Crippen molar-refractivity contribution in [3.05, 3.63) is 0 Å². The van der Waals surface area contributed by atoms with Gasteiger partial charge in [-0.2, -0.15) is 0 Å². The third-order valence-electron chi connectivity index (χ3n) is 5.01. The van der Waals surface area contributed by atoms with Gasteiger partial charge in [-0.25, -0.2) is 0 Å². The Labute approximate surface area is 119 Å². The molecule has 1 aliphatic carbocycles. The smallest absolute Gasteiger partial charge is 0.236 e. The lowest BCUT2D eigenvalue weighted by Crippen LogP contribution is -2.59. The Kier molecular flexibility index (Phi) is 3.69. The minimum absolute atomic E-state index is 0.0356. The van der Waals surface area contributed by atoms with Crippen molar-refractivity contribution in [3.63, 3.8) is 0 Å². The summed E-state index contributed by atoms with van der Waals surface area (Å²) in [6, 6.07) is 0. The van der Waals surface area contributed by atoms with E-state index in [4.69, 9.17) is 18.0 Å². The van der Waals surface area contributed by atoms with Gasteiger partial charge in [0.1, 0.15) is 0 Å². The molecule has 2 fully saturated rings. The van der Waals surface area contributed by atoms with Crippen LogP contribution in [0.1, 0.15) is 58.8 Å². The maximum absolute atomic E-state index is 12.8. The Bertz CT molecular complexity index is 423. The lowest BCUT2D eigenvalue weighted by atomic mass is 9.84. The van der Waals surface area contributed by atoms with Crippen molar-refractivity contribution >= 4 is 29.0 Å². The van der Waals surface area contributed by atoms with Gasteiger partial charge in [-0.05, 0) is 25.7 Å². The van der Waals surface area contributed by atoms with Crippen LogP contribution in [0.25, 0.3) is 0 Å². The second kappa shape index (κ2) is 4.85. The van der Waals surface area contributed by atoms with Gasteiger partial charge in [0.15, 0.2) is 0 Å². The summed E-state index contributed by atoms with van der Waals surface area (Å²) in [7, 11) is 0. The molecule has 0 atom stereocenters. The highest BCUT2D eigenvalue weighted by Gasteiger charge is 2.58. The summed E-state index contributed by atoms with van der Waals surface area (Å²) >= 11 is 5.16. The molecule has 0 bridgehead atoms. The summed E-state index contributed by atoms with van der Waals surface area (Å²) in [5.74, 6) is -0.130. The van der Waals surface area contributed by atoms with Gasteiger partial charge in [0, 0.05) is 6.42 Å². The third-order valence-corrected chi connectivity index (χ3v) is 5.39. The molecule has 19 heavy (non-hydrogen) atoms. The molecule has 2 amide bonds. The Morgan fingerprint density at radius 3 is 2.26 bits per heavy atom. The van der Waals surface area contributed by atoms with Gasteiger partial charge in [0.25, 0.3) is 0 Å². The number of carbonyl (C=O) groups is 2. The molecular formula is C14H22N2O2S. The lowest BCUT2D eigenvalue weighted by Gasteiger charge is -2.39. The van der Waals surface area contributed by atoms with Crippen molar-refractivity contribution in [1.82, 2.24) is 4.90 Å². The summed E-state index contributed by atoms with van der Waals surface area (Å²) in [5.41, 5.74) is 4.65. The number of likely N-dealkylation sites (tertiary alicyclic amines) is 1. The van der Waals surface area contributed by atoms with Gasteiger partial charge in [0.05, 0.1) is 15.9 Å². The molecule has 0 aromatic rings. The third kappa shape index (κ3) is 1.90. The number of carbonyl (C=O) groups excluding carboxylic acids is 2. The predicted molar refractivity (Wildman–Crippen MR) is 77.5 cm³/mol. The highest BCUT2D eigenvalue weighted by atomic mass is 32.1. The number of nitrogens with zero attached hydrogens (tertiary/aromatic N) is 1. The van der Waals surface area contributed by atoms with Gasteiger partial charge < -0.3 is 5.73 Å². The molecule has 106 valence electrons. The standard InChI is InChI=1S/C14H22N2O2S/c1-3-14(4-2,11(15)19)16-10(17)9-13(12(16)18)7-5-6-8-13/h3-9H2,1-2H3,(H2,15,19). The number of amides is 2. The summed E-state index contributed by atoms with van der Waals surface area (Å²) in [6.45, 7) is 3.87. The maximum atomic E-state index is 12.8.